The summed E-state index contributed by atoms with van der Waals surface area (Å²) in [4.78, 5) is 11.8. The summed E-state index contributed by atoms with van der Waals surface area (Å²) in [5, 5.41) is 2.41. The Kier molecular flexibility index (Phi) is 3.85. The summed E-state index contributed by atoms with van der Waals surface area (Å²) in [6.45, 7) is -1.43. The third kappa shape index (κ3) is 2.69. The van der Waals surface area contributed by atoms with Gasteiger partial charge in [0.25, 0.3) is 5.91 Å². The van der Waals surface area contributed by atoms with Crippen LogP contribution in [-0.2, 0) is 0 Å². The molecule has 0 aliphatic rings. The van der Waals surface area contributed by atoms with Crippen molar-refractivity contribution >= 4 is 33.0 Å². The van der Waals surface area contributed by atoms with Gasteiger partial charge in [-0.1, -0.05) is 18.2 Å². The van der Waals surface area contributed by atoms with Gasteiger partial charge in [0.2, 0.25) is 0 Å². The monoisotopic (exact) mass is 306 g/mol. The normalized spacial score (nSPS) is 12.1. The van der Waals surface area contributed by atoms with E-state index in [1.54, 1.807) is 29.6 Å². The van der Waals surface area contributed by atoms with Gasteiger partial charge in [-0.25, -0.2) is 8.78 Å². The van der Waals surface area contributed by atoms with Crippen molar-refractivity contribution in [2.75, 3.05) is 12.3 Å². The molecule has 108 valence electrons. The zero-order valence-corrected chi connectivity index (χ0v) is 10.8. The van der Waals surface area contributed by atoms with E-state index in [-0.39, 0.29) is 10.6 Å². The molecule has 0 saturated carbocycles. The summed E-state index contributed by atoms with van der Waals surface area (Å²) >= 11 is 1.02. The predicted octanol–water partition coefficient (Wildman–Crippen LogP) is 3.11. The second-order valence-electron chi connectivity index (χ2n) is 4.09. The van der Waals surface area contributed by atoms with Crippen LogP contribution >= 0.6 is 11.3 Å². The quantitative estimate of drug-likeness (QED) is 0.853. The minimum Gasteiger partial charge on any atom is -0.397 e. The van der Waals surface area contributed by atoms with Crippen molar-refractivity contribution in [1.82, 2.24) is 5.32 Å². The minimum atomic E-state index is -4.26. The topological polar surface area (TPSA) is 55.1 Å². The van der Waals surface area contributed by atoms with E-state index in [4.69, 9.17) is 5.73 Å². The number of nitrogens with two attached hydrogens (primary N) is 1. The molecule has 0 radical (unpaired) electrons. The lowest BCUT2D eigenvalue weighted by molar-refractivity contribution is -0.123. The fourth-order valence-corrected chi connectivity index (χ4v) is 2.63. The number of halogens is 4. The van der Waals surface area contributed by atoms with E-state index >= 15 is 0 Å². The Morgan fingerprint density at radius 2 is 2.00 bits per heavy atom. The van der Waals surface area contributed by atoms with Gasteiger partial charge in [0, 0.05) is 10.1 Å². The fourth-order valence-electron chi connectivity index (χ4n) is 1.59. The maximum absolute atomic E-state index is 12.7. The number of thiophene rings is 1. The van der Waals surface area contributed by atoms with Crippen molar-refractivity contribution in [3.05, 3.63) is 29.1 Å². The van der Waals surface area contributed by atoms with E-state index in [1.807, 2.05) is 0 Å². The molecule has 2 rings (SSSR count). The molecular weight excluding hydrogens is 296 g/mol. The highest BCUT2D eigenvalue weighted by Crippen LogP contribution is 2.33. The largest absolute Gasteiger partial charge is 0.397 e. The van der Waals surface area contributed by atoms with Crippen LogP contribution in [0.1, 0.15) is 9.67 Å². The van der Waals surface area contributed by atoms with Crippen LogP contribution in [0.5, 0.6) is 0 Å². The maximum atomic E-state index is 12.7. The van der Waals surface area contributed by atoms with Gasteiger partial charge in [-0.15, -0.1) is 11.3 Å². The number of benzene rings is 1. The number of hydrogen-bond acceptors (Lipinski definition) is 3. The number of amides is 1. The Morgan fingerprint density at radius 1 is 1.35 bits per heavy atom. The zero-order valence-electron chi connectivity index (χ0n) is 10.00. The lowest BCUT2D eigenvalue weighted by Gasteiger charge is -2.15. The van der Waals surface area contributed by atoms with Crippen molar-refractivity contribution in [2.24, 2.45) is 0 Å². The average molecular weight is 306 g/mol. The molecule has 0 spiro atoms. The number of fused-ring (bicyclic) bond motifs is 1. The number of hydrogen-bond donors (Lipinski definition) is 2. The molecule has 1 amide bonds. The van der Waals surface area contributed by atoms with Crippen LogP contribution in [0.25, 0.3) is 10.1 Å². The molecule has 1 heterocycles. The van der Waals surface area contributed by atoms with Gasteiger partial charge in [0.15, 0.2) is 0 Å². The number of rotatable bonds is 4. The summed E-state index contributed by atoms with van der Waals surface area (Å²) in [5.41, 5.74) is 5.91. The molecule has 0 bridgehead atoms. The maximum Gasteiger partial charge on any atom is 0.324 e. The highest BCUT2D eigenvalue weighted by molar-refractivity contribution is 7.21. The summed E-state index contributed by atoms with van der Waals surface area (Å²) in [7, 11) is 0. The Balaban J connectivity index is 2.18. The second-order valence-corrected chi connectivity index (χ2v) is 5.14. The Morgan fingerprint density at radius 3 is 2.60 bits per heavy atom. The summed E-state index contributed by atoms with van der Waals surface area (Å²) < 4.78 is 50.2. The van der Waals surface area contributed by atoms with Gasteiger partial charge in [0.1, 0.15) is 4.88 Å². The lowest BCUT2D eigenvalue weighted by atomic mass is 10.2. The molecule has 1 aromatic carbocycles. The average Bonchev–Trinajstić information content (AvgIpc) is 2.74. The summed E-state index contributed by atoms with van der Waals surface area (Å²) in [5.74, 6) is -5.15. The van der Waals surface area contributed by atoms with Gasteiger partial charge in [-0.2, -0.15) is 8.78 Å². The van der Waals surface area contributed by atoms with E-state index in [0.29, 0.717) is 5.39 Å². The zero-order chi connectivity index (χ0) is 14.9. The van der Waals surface area contributed by atoms with E-state index in [0.717, 1.165) is 16.0 Å². The molecule has 0 fully saturated rings. The van der Waals surface area contributed by atoms with E-state index < -0.39 is 24.8 Å². The third-order valence-corrected chi connectivity index (χ3v) is 3.83. The molecule has 8 heteroatoms. The Labute approximate surface area is 115 Å². The van der Waals surface area contributed by atoms with Crippen LogP contribution in [0.4, 0.5) is 23.2 Å². The first-order valence-corrected chi connectivity index (χ1v) is 6.36. The van der Waals surface area contributed by atoms with Crippen LogP contribution < -0.4 is 11.1 Å². The van der Waals surface area contributed by atoms with Gasteiger partial charge >= 0.3 is 12.3 Å². The van der Waals surface area contributed by atoms with Gasteiger partial charge in [-0.05, 0) is 6.07 Å². The van der Waals surface area contributed by atoms with Gasteiger partial charge < -0.3 is 11.1 Å². The van der Waals surface area contributed by atoms with Crippen LogP contribution in [-0.4, -0.2) is 24.8 Å². The lowest BCUT2D eigenvalue weighted by Crippen LogP contribution is -2.41. The van der Waals surface area contributed by atoms with E-state index in [2.05, 4.69) is 0 Å². The van der Waals surface area contributed by atoms with E-state index in [9.17, 15) is 22.4 Å². The number of carbonyl (C=O) groups excluding carboxylic acids is 1. The van der Waals surface area contributed by atoms with Crippen molar-refractivity contribution in [1.29, 1.82) is 0 Å². The number of anilines is 1. The third-order valence-electron chi connectivity index (χ3n) is 2.64. The number of nitrogen functional groups attached to an aromatic ring is 1. The van der Waals surface area contributed by atoms with Crippen molar-refractivity contribution in [2.45, 2.75) is 12.3 Å². The highest BCUT2D eigenvalue weighted by Gasteiger charge is 2.41. The standard InChI is InChI=1S/C12H10F4N2OS/c13-11(14)12(15,16)5-18-10(19)9-8(17)6-3-1-2-4-7(6)20-9/h1-4,11H,5,17H2,(H,18,19). The molecule has 3 nitrogen and oxygen atoms in total. The molecule has 1 aromatic heterocycles. The first-order chi connectivity index (χ1) is 9.33. The van der Waals surface area contributed by atoms with Crippen LogP contribution in [0.2, 0.25) is 0 Å². The number of carbonyl (C=O) groups is 1. The van der Waals surface area contributed by atoms with Crippen LogP contribution in [0.15, 0.2) is 24.3 Å². The highest BCUT2D eigenvalue weighted by atomic mass is 32.1. The molecule has 0 unspecified atom stereocenters. The Hall–Kier alpha value is -1.83. The molecular formula is C12H10F4N2OS. The number of alkyl halides is 4. The van der Waals surface area contributed by atoms with Gasteiger partial charge in [0.05, 0.1) is 12.2 Å². The first-order valence-electron chi connectivity index (χ1n) is 5.54. The fraction of sp³-hybridized carbons (Fsp3) is 0.250. The molecule has 0 aliphatic heterocycles. The van der Waals surface area contributed by atoms with Crippen LogP contribution in [0.3, 0.4) is 0 Å². The predicted molar refractivity (Wildman–Crippen MR) is 69.5 cm³/mol. The van der Waals surface area contributed by atoms with E-state index in [1.165, 1.54) is 0 Å². The minimum absolute atomic E-state index is 0.0382. The molecule has 3 N–H and O–H groups in total. The SMILES string of the molecule is Nc1c(C(=O)NCC(F)(F)C(F)F)sc2ccccc12. The molecule has 20 heavy (non-hydrogen) atoms. The summed E-state index contributed by atoms with van der Waals surface area (Å²) in [6, 6.07) is 6.87. The van der Waals surface area contributed by atoms with Crippen LogP contribution in [0, 0.1) is 0 Å². The molecule has 0 aliphatic carbocycles. The molecule has 2 aromatic rings. The van der Waals surface area contributed by atoms with Crippen molar-refractivity contribution in [3.8, 4) is 0 Å². The Bertz CT molecular complexity index is 641. The summed E-state index contributed by atoms with van der Waals surface area (Å²) in [6.07, 6.45) is -3.83. The van der Waals surface area contributed by atoms with Crippen molar-refractivity contribution < 1.29 is 22.4 Å². The molecule has 0 atom stereocenters. The second kappa shape index (κ2) is 5.28. The first kappa shape index (κ1) is 14.6. The molecule has 0 saturated heterocycles. The smallest absolute Gasteiger partial charge is 0.324 e. The van der Waals surface area contributed by atoms with Gasteiger partial charge in [-0.3, -0.25) is 4.79 Å². The number of nitrogens with one attached hydrogen (secondary N) is 1. The van der Waals surface area contributed by atoms with Crippen molar-refractivity contribution in [3.63, 3.8) is 0 Å².